The fourth-order valence-electron chi connectivity index (χ4n) is 2.99. The van der Waals surface area contributed by atoms with Crippen molar-refractivity contribution >= 4 is 30.1 Å². The molecule has 0 spiro atoms. The molecule has 0 saturated heterocycles. The number of esters is 2. The van der Waals surface area contributed by atoms with E-state index in [1.54, 1.807) is 51.1 Å². The zero-order valence-electron chi connectivity index (χ0n) is 18.6. The second-order valence-corrected chi connectivity index (χ2v) is 10.9. The van der Waals surface area contributed by atoms with Crippen LogP contribution in [0, 0.1) is 5.41 Å². The van der Waals surface area contributed by atoms with Crippen molar-refractivity contribution in [3.63, 3.8) is 0 Å². The third-order valence-electron chi connectivity index (χ3n) is 4.55. The Balaban J connectivity index is 1.83. The van der Waals surface area contributed by atoms with Crippen LogP contribution in [0.5, 0.6) is 5.75 Å². The quantitative estimate of drug-likeness (QED) is 0.335. The van der Waals surface area contributed by atoms with E-state index in [9.17, 15) is 14.2 Å². The topological polar surface area (TPSA) is 90.9 Å². The minimum absolute atomic E-state index is 0.171. The Morgan fingerprint density at radius 1 is 1.03 bits per heavy atom. The van der Waals surface area contributed by atoms with E-state index in [4.69, 9.17) is 25.2 Å². The first-order valence-corrected chi connectivity index (χ1v) is 12.8. The van der Waals surface area contributed by atoms with Crippen molar-refractivity contribution in [2.45, 2.75) is 52.9 Å². The van der Waals surface area contributed by atoms with Crippen molar-refractivity contribution in [2.24, 2.45) is 5.41 Å². The van der Waals surface area contributed by atoms with Crippen LogP contribution in [0.25, 0.3) is 0 Å². The van der Waals surface area contributed by atoms with Crippen molar-refractivity contribution in [1.29, 1.82) is 0 Å². The SMILES string of the molecule is CC(CC(C)(C)C(=O)OCc1ccccc1)OC(=O)[C@H](C)NP(=O)(Cl)Oc1ccccc1. The number of para-hydroxylation sites is 1. The normalized spacial score (nSPS) is 15.2. The molecule has 0 aliphatic heterocycles. The molecule has 32 heavy (non-hydrogen) atoms. The van der Waals surface area contributed by atoms with Gasteiger partial charge in [0.1, 0.15) is 24.5 Å². The number of rotatable bonds is 11. The Morgan fingerprint density at radius 2 is 1.59 bits per heavy atom. The molecule has 3 atom stereocenters. The zero-order valence-corrected chi connectivity index (χ0v) is 20.3. The highest BCUT2D eigenvalue weighted by Gasteiger charge is 2.34. The Bertz CT molecular complexity index is 938. The molecule has 0 aromatic heterocycles. The molecule has 7 nitrogen and oxygen atoms in total. The monoisotopic (exact) mass is 481 g/mol. The molecule has 0 bridgehead atoms. The summed E-state index contributed by atoms with van der Waals surface area (Å²) in [7, 11) is 0. The van der Waals surface area contributed by atoms with Gasteiger partial charge in [-0.3, -0.25) is 9.59 Å². The molecule has 2 unspecified atom stereocenters. The third kappa shape index (κ3) is 8.65. The van der Waals surface area contributed by atoms with Gasteiger partial charge in [0, 0.05) is 11.2 Å². The standard InChI is InChI=1S/C23H29ClNO6P/c1-17(15-23(3,4)22(27)29-16-19-11-7-5-8-12-19)30-21(26)18(2)25-32(24,28)31-20-13-9-6-10-14-20/h5-14,17-18H,15-16H2,1-4H3,(H,25,28)/t17?,18-,32?/m0/s1. The van der Waals surface area contributed by atoms with Crippen LogP contribution in [0.4, 0.5) is 0 Å². The maximum atomic E-state index is 12.5. The number of ether oxygens (including phenoxy) is 2. The molecule has 9 heteroatoms. The lowest BCUT2D eigenvalue weighted by Gasteiger charge is -2.27. The van der Waals surface area contributed by atoms with E-state index in [0.717, 1.165) is 5.56 Å². The number of carbonyl (C=O) groups is 2. The molecule has 0 radical (unpaired) electrons. The van der Waals surface area contributed by atoms with Crippen LogP contribution >= 0.6 is 18.1 Å². The lowest BCUT2D eigenvalue weighted by atomic mass is 9.87. The first kappa shape index (κ1) is 25.9. The van der Waals surface area contributed by atoms with Crippen LogP contribution in [0.3, 0.4) is 0 Å². The summed E-state index contributed by atoms with van der Waals surface area (Å²) in [6, 6.07) is 16.8. The Morgan fingerprint density at radius 3 is 2.19 bits per heavy atom. The van der Waals surface area contributed by atoms with Crippen LogP contribution in [-0.2, 0) is 30.2 Å². The van der Waals surface area contributed by atoms with Crippen LogP contribution < -0.4 is 9.61 Å². The predicted octanol–water partition coefficient (Wildman–Crippen LogP) is 5.48. The summed E-state index contributed by atoms with van der Waals surface area (Å²) in [4.78, 5) is 24.9. The van der Waals surface area contributed by atoms with Gasteiger partial charge in [-0.15, -0.1) is 0 Å². The summed E-state index contributed by atoms with van der Waals surface area (Å²) >= 11 is 5.93. The third-order valence-corrected chi connectivity index (χ3v) is 6.19. The molecular weight excluding hydrogens is 453 g/mol. The number of carbonyl (C=O) groups excluding carboxylic acids is 2. The van der Waals surface area contributed by atoms with Crippen molar-refractivity contribution < 1.29 is 28.2 Å². The minimum Gasteiger partial charge on any atom is -0.461 e. The first-order valence-electron chi connectivity index (χ1n) is 10.2. The van der Waals surface area contributed by atoms with Gasteiger partial charge in [0.15, 0.2) is 0 Å². The number of halogens is 1. The molecule has 0 fully saturated rings. The average Bonchev–Trinajstić information content (AvgIpc) is 2.72. The number of nitrogens with one attached hydrogen (secondary N) is 1. The van der Waals surface area contributed by atoms with Crippen molar-refractivity contribution in [3.8, 4) is 5.75 Å². The molecule has 0 aliphatic rings. The van der Waals surface area contributed by atoms with Gasteiger partial charge in [-0.2, -0.15) is 0 Å². The van der Waals surface area contributed by atoms with Gasteiger partial charge in [0.2, 0.25) is 0 Å². The maximum Gasteiger partial charge on any atom is 0.409 e. The van der Waals surface area contributed by atoms with E-state index in [2.05, 4.69) is 5.09 Å². The Kier molecular flexibility index (Phi) is 9.32. The fraction of sp³-hybridized carbons (Fsp3) is 0.391. The molecule has 0 amide bonds. The van der Waals surface area contributed by atoms with Gasteiger partial charge >= 0.3 is 18.8 Å². The molecule has 174 valence electrons. The zero-order chi connectivity index (χ0) is 23.8. The molecule has 2 aromatic carbocycles. The van der Waals surface area contributed by atoms with E-state index in [-0.39, 0.29) is 13.0 Å². The van der Waals surface area contributed by atoms with Crippen LogP contribution in [0.15, 0.2) is 60.7 Å². The molecule has 1 N–H and O–H groups in total. The largest absolute Gasteiger partial charge is 0.461 e. The molecule has 0 heterocycles. The molecule has 2 aromatic rings. The Labute approximate surface area is 193 Å². The van der Waals surface area contributed by atoms with Gasteiger partial charge in [-0.1, -0.05) is 48.5 Å². The minimum atomic E-state index is -3.82. The maximum absolute atomic E-state index is 12.5. The summed E-state index contributed by atoms with van der Waals surface area (Å²) in [5, 5.41) is 2.47. The van der Waals surface area contributed by atoms with Gasteiger partial charge < -0.3 is 14.0 Å². The summed E-state index contributed by atoms with van der Waals surface area (Å²) in [6.07, 6.45) is -0.339. The lowest BCUT2D eigenvalue weighted by molar-refractivity contribution is -0.161. The number of hydrogen-bond acceptors (Lipinski definition) is 6. The number of benzene rings is 2. The van der Waals surface area contributed by atoms with E-state index in [1.165, 1.54) is 6.92 Å². The predicted molar refractivity (Wildman–Crippen MR) is 123 cm³/mol. The van der Waals surface area contributed by atoms with Crippen LogP contribution in [0.2, 0.25) is 0 Å². The van der Waals surface area contributed by atoms with Gasteiger partial charge in [0.25, 0.3) is 0 Å². The lowest BCUT2D eigenvalue weighted by Crippen LogP contribution is -2.37. The fourth-order valence-corrected chi connectivity index (χ4v) is 4.68. The molecular formula is C23H29ClNO6P. The van der Waals surface area contributed by atoms with Gasteiger partial charge in [-0.25, -0.2) is 9.65 Å². The summed E-state index contributed by atoms with van der Waals surface area (Å²) in [6.45, 7) is 2.96. The van der Waals surface area contributed by atoms with E-state index >= 15 is 0 Å². The van der Waals surface area contributed by atoms with Crippen molar-refractivity contribution in [1.82, 2.24) is 5.09 Å². The summed E-state index contributed by atoms with van der Waals surface area (Å²) in [5.74, 6) is -0.747. The highest BCUT2D eigenvalue weighted by molar-refractivity contribution is 7.84. The summed E-state index contributed by atoms with van der Waals surface area (Å²) in [5.41, 5.74) is 0.0165. The number of hydrogen-bond donors (Lipinski definition) is 1. The van der Waals surface area contributed by atoms with Crippen LogP contribution in [-0.4, -0.2) is 24.1 Å². The highest BCUT2D eigenvalue weighted by Crippen LogP contribution is 2.48. The van der Waals surface area contributed by atoms with Crippen molar-refractivity contribution in [3.05, 3.63) is 66.2 Å². The average molecular weight is 482 g/mol. The van der Waals surface area contributed by atoms with E-state index < -0.39 is 36.4 Å². The second-order valence-electron chi connectivity index (χ2n) is 8.13. The molecule has 0 saturated carbocycles. The summed E-state index contributed by atoms with van der Waals surface area (Å²) < 4.78 is 28.5. The van der Waals surface area contributed by atoms with E-state index in [1.807, 2.05) is 30.3 Å². The van der Waals surface area contributed by atoms with Gasteiger partial charge in [-0.05, 0) is 51.8 Å². The van der Waals surface area contributed by atoms with Gasteiger partial charge in [0.05, 0.1) is 5.41 Å². The molecule has 0 aliphatic carbocycles. The smallest absolute Gasteiger partial charge is 0.409 e. The Hall–Kier alpha value is -2.34. The van der Waals surface area contributed by atoms with Crippen molar-refractivity contribution in [2.75, 3.05) is 0 Å². The van der Waals surface area contributed by atoms with Crippen LogP contribution in [0.1, 0.15) is 39.7 Å². The first-order chi connectivity index (χ1) is 15.0. The second kappa shape index (κ2) is 11.5. The molecule has 2 rings (SSSR count). The highest BCUT2D eigenvalue weighted by atomic mass is 35.7. The van der Waals surface area contributed by atoms with E-state index in [0.29, 0.717) is 5.75 Å².